The van der Waals surface area contributed by atoms with Crippen LogP contribution in [0.15, 0.2) is 29.2 Å². The van der Waals surface area contributed by atoms with Gasteiger partial charge in [0.25, 0.3) is 0 Å². The van der Waals surface area contributed by atoms with E-state index in [-0.39, 0.29) is 0 Å². The van der Waals surface area contributed by atoms with E-state index in [0.717, 1.165) is 30.2 Å². The van der Waals surface area contributed by atoms with Crippen LogP contribution >= 0.6 is 0 Å². The van der Waals surface area contributed by atoms with Crippen LogP contribution in [0.5, 0.6) is 0 Å². The van der Waals surface area contributed by atoms with Gasteiger partial charge in [-0.3, -0.25) is 0 Å². The van der Waals surface area contributed by atoms with Crippen LogP contribution in [0.3, 0.4) is 0 Å². The first-order valence-electron chi connectivity index (χ1n) is 5.42. The molecule has 1 saturated heterocycles. The van der Waals surface area contributed by atoms with E-state index in [2.05, 4.69) is 17.1 Å². The molecular formula is C11H17N3OS. The van der Waals surface area contributed by atoms with E-state index in [4.69, 9.17) is 5.14 Å². The van der Waals surface area contributed by atoms with Crippen LogP contribution in [0.25, 0.3) is 0 Å². The van der Waals surface area contributed by atoms with Gasteiger partial charge in [-0.1, -0.05) is 12.1 Å². The largest absolute Gasteiger partial charge is 0.368 e. The summed E-state index contributed by atoms with van der Waals surface area (Å²) in [5.74, 6) is 0. The third kappa shape index (κ3) is 2.42. The molecule has 1 aliphatic rings. The number of para-hydroxylation sites is 1. The number of rotatable bonds is 2. The zero-order chi connectivity index (χ0) is 11.5. The predicted molar refractivity (Wildman–Crippen MR) is 66.7 cm³/mol. The van der Waals surface area contributed by atoms with Crippen molar-refractivity contribution >= 4 is 16.7 Å². The summed E-state index contributed by atoms with van der Waals surface area (Å²) in [5, 5.41) is 8.87. The van der Waals surface area contributed by atoms with Crippen molar-refractivity contribution in [3.8, 4) is 0 Å². The Morgan fingerprint density at radius 3 is 2.94 bits per heavy atom. The first kappa shape index (κ1) is 11.6. The van der Waals surface area contributed by atoms with Crippen LogP contribution in [0.4, 0.5) is 5.69 Å². The molecule has 1 heterocycles. The molecule has 16 heavy (non-hydrogen) atoms. The summed E-state index contributed by atoms with van der Waals surface area (Å²) < 4.78 is 11.4. The monoisotopic (exact) mass is 239 g/mol. The molecule has 2 atom stereocenters. The van der Waals surface area contributed by atoms with Gasteiger partial charge in [0.2, 0.25) is 0 Å². The minimum atomic E-state index is -1.42. The van der Waals surface area contributed by atoms with Crippen LogP contribution in [-0.4, -0.2) is 29.9 Å². The van der Waals surface area contributed by atoms with Crippen molar-refractivity contribution in [2.75, 3.05) is 24.5 Å². The summed E-state index contributed by atoms with van der Waals surface area (Å²) in [6, 6.07) is 8.09. The van der Waals surface area contributed by atoms with Crippen molar-refractivity contribution in [3.05, 3.63) is 24.3 Å². The van der Waals surface area contributed by atoms with Crippen molar-refractivity contribution in [1.29, 1.82) is 0 Å². The standard InChI is InChI=1S/C11H17N3OS/c1-9-8-14(7-6-13-9)10-4-2-3-5-11(10)16(12)15/h2-5,9,13H,6-8,12H2,1H3. The number of benzene rings is 1. The first-order valence-corrected chi connectivity index (χ1v) is 6.63. The van der Waals surface area contributed by atoms with Gasteiger partial charge in [-0.05, 0) is 19.1 Å². The molecule has 1 aromatic carbocycles. The quantitative estimate of drug-likeness (QED) is 0.788. The Morgan fingerprint density at radius 2 is 2.25 bits per heavy atom. The summed E-state index contributed by atoms with van der Waals surface area (Å²) in [4.78, 5) is 2.96. The van der Waals surface area contributed by atoms with Gasteiger partial charge in [0.15, 0.2) is 0 Å². The lowest BCUT2D eigenvalue weighted by Gasteiger charge is -2.34. The predicted octanol–water partition coefficient (Wildman–Crippen LogP) is 0.466. The van der Waals surface area contributed by atoms with Gasteiger partial charge in [-0.2, -0.15) is 0 Å². The number of anilines is 1. The van der Waals surface area contributed by atoms with Crippen LogP contribution in [-0.2, 0) is 11.0 Å². The molecule has 4 nitrogen and oxygen atoms in total. The summed E-state index contributed by atoms with van der Waals surface area (Å²) in [6.07, 6.45) is 0. The topological polar surface area (TPSA) is 58.4 Å². The zero-order valence-corrected chi connectivity index (χ0v) is 10.2. The lowest BCUT2D eigenvalue weighted by atomic mass is 10.2. The van der Waals surface area contributed by atoms with E-state index in [9.17, 15) is 4.21 Å². The second kappa shape index (κ2) is 4.95. The number of hydrogen-bond acceptors (Lipinski definition) is 3. The number of piperazine rings is 1. The summed E-state index contributed by atoms with van der Waals surface area (Å²) >= 11 is 0. The minimum Gasteiger partial charge on any atom is -0.368 e. The molecule has 3 N–H and O–H groups in total. The molecule has 5 heteroatoms. The molecule has 1 aliphatic heterocycles. The fourth-order valence-electron chi connectivity index (χ4n) is 2.04. The lowest BCUT2D eigenvalue weighted by Crippen LogP contribution is -2.49. The fraction of sp³-hybridized carbons (Fsp3) is 0.455. The van der Waals surface area contributed by atoms with E-state index in [0.29, 0.717) is 6.04 Å². The Morgan fingerprint density at radius 1 is 1.50 bits per heavy atom. The molecule has 0 spiro atoms. The van der Waals surface area contributed by atoms with Crippen LogP contribution < -0.4 is 15.4 Å². The second-order valence-electron chi connectivity index (χ2n) is 4.07. The van der Waals surface area contributed by atoms with Crippen molar-refractivity contribution in [1.82, 2.24) is 5.32 Å². The molecule has 0 aromatic heterocycles. The van der Waals surface area contributed by atoms with Gasteiger partial charge in [0, 0.05) is 25.7 Å². The van der Waals surface area contributed by atoms with Gasteiger partial charge in [0.1, 0.15) is 11.0 Å². The molecule has 0 radical (unpaired) electrons. The van der Waals surface area contributed by atoms with E-state index < -0.39 is 11.0 Å². The molecule has 88 valence electrons. The van der Waals surface area contributed by atoms with Crippen LogP contribution in [0.2, 0.25) is 0 Å². The third-order valence-electron chi connectivity index (χ3n) is 2.79. The highest BCUT2D eigenvalue weighted by molar-refractivity contribution is 7.82. The molecule has 1 aromatic rings. The SMILES string of the molecule is CC1CN(c2ccccc2S(N)=O)CCN1. The molecule has 2 unspecified atom stereocenters. The smallest absolute Gasteiger partial charge is 0.124 e. The van der Waals surface area contributed by atoms with E-state index in [1.165, 1.54) is 0 Å². The molecule has 0 saturated carbocycles. The number of nitrogens with two attached hydrogens (primary N) is 1. The van der Waals surface area contributed by atoms with Gasteiger partial charge in [-0.15, -0.1) is 0 Å². The van der Waals surface area contributed by atoms with Crippen molar-refractivity contribution in [2.45, 2.75) is 17.9 Å². The highest BCUT2D eigenvalue weighted by Crippen LogP contribution is 2.23. The highest BCUT2D eigenvalue weighted by atomic mass is 32.2. The average molecular weight is 239 g/mol. The maximum Gasteiger partial charge on any atom is 0.124 e. The van der Waals surface area contributed by atoms with E-state index in [1.54, 1.807) is 0 Å². The lowest BCUT2D eigenvalue weighted by molar-refractivity contribution is 0.483. The van der Waals surface area contributed by atoms with E-state index >= 15 is 0 Å². The first-order chi connectivity index (χ1) is 7.68. The van der Waals surface area contributed by atoms with E-state index in [1.807, 2.05) is 24.3 Å². The molecule has 1 fully saturated rings. The average Bonchev–Trinajstić information content (AvgIpc) is 2.29. The summed E-state index contributed by atoms with van der Waals surface area (Å²) in [5.41, 5.74) is 0.997. The Labute approximate surface area is 98.4 Å². The third-order valence-corrected chi connectivity index (χ3v) is 3.57. The molecule has 0 amide bonds. The maximum atomic E-state index is 11.4. The van der Waals surface area contributed by atoms with Crippen LogP contribution in [0.1, 0.15) is 6.92 Å². The normalized spacial score (nSPS) is 23.1. The van der Waals surface area contributed by atoms with Crippen molar-refractivity contribution in [3.63, 3.8) is 0 Å². The maximum absolute atomic E-state index is 11.4. The Hall–Kier alpha value is -0.910. The zero-order valence-electron chi connectivity index (χ0n) is 9.35. The van der Waals surface area contributed by atoms with Gasteiger partial charge in [-0.25, -0.2) is 9.35 Å². The minimum absolute atomic E-state index is 0.452. The van der Waals surface area contributed by atoms with Gasteiger partial charge >= 0.3 is 0 Å². The Bertz CT molecular complexity index is 397. The van der Waals surface area contributed by atoms with Crippen LogP contribution in [0, 0.1) is 0 Å². The molecule has 0 aliphatic carbocycles. The van der Waals surface area contributed by atoms with Gasteiger partial charge in [0.05, 0.1) is 10.6 Å². The number of nitrogens with zero attached hydrogens (tertiary/aromatic N) is 1. The van der Waals surface area contributed by atoms with Crippen molar-refractivity contribution in [2.24, 2.45) is 5.14 Å². The Kier molecular flexibility index (Phi) is 3.58. The molecule has 2 rings (SSSR count). The Balaban J connectivity index is 2.28. The summed E-state index contributed by atoms with van der Waals surface area (Å²) in [7, 11) is -1.42. The molecular weight excluding hydrogens is 222 g/mol. The summed E-state index contributed by atoms with van der Waals surface area (Å²) in [6.45, 7) is 4.95. The van der Waals surface area contributed by atoms with Gasteiger partial charge < -0.3 is 10.2 Å². The van der Waals surface area contributed by atoms with Crippen molar-refractivity contribution < 1.29 is 4.21 Å². The second-order valence-corrected chi connectivity index (χ2v) is 5.10. The fourth-order valence-corrected chi connectivity index (χ4v) is 2.66. The highest BCUT2D eigenvalue weighted by Gasteiger charge is 2.19. The molecule has 0 bridgehead atoms. The number of hydrogen-bond donors (Lipinski definition) is 2. The number of nitrogens with one attached hydrogen (secondary N) is 1.